The van der Waals surface area contributed by atoms with Crippen LogP contribution in [0.4, 0.5) is 0 Å². The van der Waals surface area contributed by atoms with Gasteiger partial charge in [-0.3, -0.25) is 0 Å². The van der Waals surface area contributed by atoms with Gasteiger partial charge in [-0.25, -0.2) is 0 Å². The third-order valence-corrected chi connectivity index (χ3v) is 11.6. The number of hydrogen-bond donors (Lipinski definition) is 0. The molecule has 3 aromatic carbocycles. The average molecular weight is 466 g/mol. The van der Waals surface area contributed by atoms with Crippen LogP contribution in [0, 0.1) is 20.8 Å². The second-order valence-electron chi connectivity index (χ2n) is 10.4. The van der Waals surface area contributed by atoms with Gasteiger partial charge < -0.3 is 0 Å². The number of aromatic nitrogens is 2. The van der Waals surface area contributed by atoms with E-state index in [-0.39, 0.29) is 0 Å². The molecule has 6 aromatic rings. The molecule has 2 nitrogen and oxygen atoms in total. The molecule has 0 radical (unpaired) electrons. The van der Waals surface area contributed by atoms with Crippen LogP contribution in [0.3, 0.4) is 0 Å². The molecule has 3 heteroatoms. The second-order valence-corrected chi connectivity index (χ2v) is 21.0. The van der Waals surface area contributed by atoms with E-state index in [0.29, 0.717) is 0 Å². The monoisotopic (exact) mass is 467 g/mol. The molecule has 0 saturated carbocycles. The first-order chi connectivity index (χ1) is 14.7. The molecule has 0 fully saturated rings. The fraction of sp³-hybridized carbons (Fsp3) is 0.250. The maximum absolute atomic E-state index is 2.58. The van der Waals surface area contributed by atoms with Crippen LogP contribution in [0.1, 0.15) is 16.7 Å². The second kappa shape index (κ2) is 6.01. The zero-order valence-electron chi connectivity index (χ0n) is 19.5. The first kappa shape index (κ1) is 19.1. The van der Waals surface area contributed by atoms with Gasteiger partial charge in [0.1, 0.15) is 0 Å². The summed E-state index contributed by atoms with van der Waals surface area (Å²) in [6.07, 6.45) is 2.24. The zero-order valence-corrected chi connectivity index (χ0v) is 21.6. The molecule has 6 rings (SSSR count). The molecule has 0 aliphatic heterocycles. The number of rotatable bonds is 1. The Morgan fingerprint density at radius 2 is 1.52 bits per heavy atom. The topological polar surface area (TPSA) is 8.29 Å². The van der Waals surface area contributed by atoms with Crippen molar-refractivity contribution in [2.45, 2.75) is 38.0 Å². The number of benzene rings is 3. The molecule has 0 aliphatic rings. The van der Waals surface area contributed by atoms with Crippen molar-refractivity contribution in [3.63, 3.8) is 0 Å². The Labute approximate surface area is 185 Å². The van der Waals surface area contributed by atoms with Crippen LogP contribution in [-0.2, 0) is 7.05 Å². The number of aryl methyl sites for hydroxylation is 4. The normalized spacial score (nSPS) is 13.0. The predicted molar refractivity (Wildman–Crippen MR) is 137 cm³/mol. The Balaban J connectivity index is 2.08. The number of fused-ring (bicyclic) bond motifs is 5. The third kappa shape index (κ3) is 2.37. The molecule has 0 bridgehead atoms. The van der Waals surface area contributed by atoms with Crippen molar-refractivity contribution < 1.29 is 4.57 Å². The van der Waals surface area contributed by atoms with Gasteiger partial charge in [-0.2, -0.15) is 0 Å². The number of nitrogens with zero attached hydrogens (tertiary/aromatic N) is 2. The Bertz CT molecular complexity index is 1700. The molecule has 0 amide bonds. The first-order valence-corrected chi connectivity index (χ1v) is 18.5. The van der Waals surface area contributed by atoms with E-state index in [2.05, 4.69) is 103 Å². The molecule has 3 heterocycles. The van der Waals surface area contributed by atoms with Crippen molar-refractivity contribution in [2.24, 2.45) is 7.05 Å². The van der Waals surface area contributed by atoms with Crippen LogP contribution < -0.4 is 8.96 Å². The van der Waals surface area contributed by atoms with Gasteiger partial charge >= 0.3 is 186 Å². The minimum absolute atomic E-state index is 1.34. The van der Waals surface area contributed by atoms with Gasteiger partial charge in [-0.15, -0.1) is 0 Å². The van der Waals surface area contributed by atoms with Gasteiger partial charge in [0.2, 0.25) is 0 Å². The maximum atomic E-state index is 2.58. The fourth-order valence-electron chi connectivity index (χ4n) is 5.52. The first-order valence-electron chi connectivity index (χ1n) is 11.2. The van der Waals surface area contributed by atoms with E-state index in [0.717, 1.165) is 0 Å². The average Bonchev–Trinajstić information content (AvgIpc) is 3.05. The third-order valence-electron chi connectivity index (χ3n) is 7.39. The molecule has 0 atom stereocenters. The summed E-state index contributed by atoms with van der Waals surface area (Å²) in [4.78, 5) is 0. The summed E-state index contributed by atoms with van der Waals surface area (Å²) in [6, 6.07) is 16.6. The predicted octanol–water partition coefficient (Wildman–Crippen LogP) is 6.28. The van der Waals surface area contributed by atoms with Crippen molar-refractivity contribution in [1.29, 1.82) is 0 Å². The van der Waals surface area contributed by atoms with Crippen LogP contribution in [0.25, 0.3) is 49.0 Å². The molecule has 0 aliphatic carbocycles. The summed E-state index contributed by atoms with van der Waals surface area (Å²) < 4.78 is 6.47. The molecule has 3 aromatic heterocycles. The minimum atomic E-state index is -2.03. The summed E-state index contributed by atoms with van der Waals surface area (Å²) in [5.74, 6) is 7.49. The Morgan fingerprint density at radius 3 is 2.26 bits per heavy atom. The standard InChI is InChI=1S/C28H29GeN2/c1-16-9-11-22-25(18(16)3)21-10-8-17(2)24-27(21)31(22)23-15-20(29(4,5)6)14-19-12-13-30(7)28(24)26(19)23/h8-15H,1-7H3/q+1. The van der Waals surface area contributed by atoms with E-state index in [1.54, 1.807) is 4.40 Å². The quantitative estimate of drug-likeness (QED) is 0.117. The van der Waals surface area contributed by atoms with E-state index in [9.17, 15) is 0 Å². The van der Waals surface area contributed by atoms with Crippen LogP contribution in [0.2, 0.25) is 17.3 Å². The van der Waals surface area contributed by atoms with E-state index in [1.807, 2.05) is 0 Å². The van der Waals surface area contributed by atoms with Crippen molar-refractivity contribution in [3.05, 3.63) is 65.4 Å². The van der Waals surface area contributed by atoms with Crippen LogP contribution in [-0.4, -0.2) is 17.7 Å². The SMILES string of the molecule is Cc1ccc2c(c1C)c1ccc(C)c3c1n2c1c[c]([Ge]([CH3])([CH3])[CH3])cc2cc[n+](C)c3c21. The van der Waals surface area contributed by atoms with E-state index < -0.39 is 13.3 Å². The Kier molecular flexibility index (Phi) is 3.71. The van der Waals surface area contributed by atoms with Gasteiger partial charge in [0.05, 0.1) is 0 Å². The van der Waals surface area contributed by atoms with E-state index >= 15 is 0 Å². The van der Waals surface area contributed by atoms with Crippen molar-refractivity contribution in [3.8, 4) is 0 Å². The number of hydrogen-bond acceptors (Lipinski definition) is 0. The Hall–Kier alpha value is -2.59. The van der Waals surface area contributed by atoms with Gasteiger partial charge in [0, 0.05) is 0 Å². The van der Waals surface area contributed by atoms with Gasteiger partial charge in [-0.1, -0.05) is 0 Å². The van der Waals surface area contributed by atoms with Crippen molar-refractivity contribution in [1.82, 2.24) is 4.40 Å². The molecule has 31 heavy (non-hydrogen) atoms. The number of pyridine rings is 2. The van der Waals surface area contributed by atoms with Crippen molar-refractivity contribution in [2.75, 3.05) is 0 Å². The summed E-state index contributed by atoms with van der Waals surface area (Å²) >= 11 is -2.03. The zero-order chi connectivity index (χ0) is 21.8. The van der Waals surface area contributed by atoms with Gasteiger partial charge in [-0.05, 0) is 0 Å². The molecule has 0 spiro atoms. The molecule has 0 unspecified atom stereocenters. The molecule has 154 valence electrons. The van der Waals surface area contributed by atoms with Gasteiger partial charge in [0.25, 0.3) is 0 Å². The summed E-state index contributed by atoms with van der Waals surface area (Å²) in [5.41, 5.74) is 9.53. The van der Waals surface area contributed by atoms with E-state index in [1.165, 1.54) is 65.7 Å². The summed E-state index contributed by atoms with van der Waals surface area (Å²) in [6.45, 7) is 6.77. The van der Waals surface area contributed by atoms with Crippen LogP contribution >= 0.6 is 0 Å². The van der Waals surface area contributed by atoms with Crippen LogP contribution in [0.5, 0.6) is 0 Å². The molecular formula is C28H29GeN2+. The summed E-state index contributed by atoms with van der Waals surface area (Å²) in [5, 5.41) is 6.93. The molecule has 0 saturated heterocycles. The van der Waals surface area contributed by atoms with Gasteiger partial charge in [0.15, 0.2) is 0 Å². The fourth-order valence-corrected chi connectivity index (χ4v) is 7.95. The Morgan fingerprint density at radius 1 is 0.774 bits per heavy atom. The summed E-state index contributed by atoms with van der Waals surface area (Å²) in [7, 11) is 2.19. The molecule has 0 N–H and O–H groups in total. The van der Waals surface area contributed by atoms with Crippen molar-refractivity contribution >= 4 is 66.7 Å². The van der Waals surface area contributed by atoms with Crippen LogP contribution in [0.15, 0.2) is 48.7 Å². The molecular weight excluding hydrogens is 437 g/mol. The van der Waals surface area contributed by atoms with E-state index in [4.69, 9.17) is 0 Å².